The van der Waals surface area contributed by atoms with Gasteiger partial charge in [-0.3, -0.25) is 0 Å². The maximum atomic E-state index is 13.3. The van der Waals surface area contributed by atoms with Gasteiger partial charge in [0.1, 0.15) is 0 Å². The molecule has 18 heavy (non-hydrogen) atoms. The maximum Gasteiger partial charge on any atom is 0.357 e. The lowest BCUT2D eigenvalue weighted by molar-refractivity contribution is -0.0116. The molecule has 1 aromatic heterocycles. The highest BCUT2D eigenvalue weighted by Gasteiger charge is 2.36. The summed E-state index contributed by atoms with van der Waals surface area (Å²) in [6, 6.07) is 0. The Hall–Kier alpha value is -1.24. The average Bonchev–Trinajstić information content (AvgIpc) is 2.77. The fourth-order valence-corrected chi connectivity index (χ4v) is 2.66. The number of ether oxygens (including phenoxy) is 1. The predicted octanol–water partition coefficient (Wildman–Crippen LogP) is 2.56. The van der Waals surface area contributed by atoms with Gasteiger partial charge in [0.15, 0.2) is 10.8 Å². The summed E-state index contributed by atoms with van der Waals surface area (Å²) in [5.41, 5.74) is 0.186. The van der Waals surface area contributed by atoms with Gasteiger partial charge < -0.3 is 9.64 Å². The van der Waals surface area contributed by atoms with Crippen LogP contribution in [0.5, 0.6) is 0 Å². The van der Waals surface area contributed by atoms with Crippen molar-refractivity contribution < 1.29 is 18.3 Å². The van der Waals surface area contributed by atoms with Gasteiger partial charge in [0.25, 0.3) is 5.92 Å². The normalized spacial score (nSPS) is 18.7. The number of thiazole rings is 1. The van der Waals surface area contributed by atoms with E-state index in [1.165, 1.54) is 16.2 Å². The van der Waals surface area contributed by atoms with E-state index in [-0.39, 0.29) is 25.3 Å². The molecule has 0 aromatic carbocycles. The number of hydrogen-bond acceptors (Lipinski definition) is 5. The average molecular weight is 276 g/mol. The second kappa shape index (κ2) is 5.17. The summed E-state index contributed by atoms with van der Waals surface area (Å²) in [6.45, 7) is 2.19. The molecule has 0 bridgehead atoms. The lowest BCUT2D eigenvalue weighted by Crippen LogP contribution is -2.42. The number of halogens is 2. The molecule has 0 radical (unpaired) electrons. The summed E-state index contributed by atoms with van der Waals surface area (Å²) in [4.78, 5) is 17.0. The Morgan fingerprint density at radius 1 is 1.67 bits per heavy atom. The summed E-state index contributed by atoms with van der Waals surface area (Å²) in [6.07, 6.45) is 0.348. The van der Waals surface area contributed by atoms with Crippen LogP contribution in [0.25, 0.3) is 0 Å². The molecule has 2 heterocycles. The van der Waals surface area contributed by atoms with Crippen molar-refractivity contribution in [1.82, 2.24) is 4.98 Å². The molecule has 0 N–H and O–H groups in total. The largest absolute Gasteiger partial charge is 0.461 e. The molecular weight excluding hydrogens is 262 g/mol. The van der Waals surface area contributed by atoms with Crippen LogP contribution in [0.4, 0.5) is 13.9 Å². The van der Waals surface area contributed by atoms with E-state index in [0.29, 0.717) is 18.1 Å². The van der Waals surface area contributed by atoms with Gasteiger partial charge in [-0.2, -0.15) is 0 Å². The Morgan fingerprint density at radius 3 is 3.11 bits per heavy atom. The first-order valence-electron chi connectivity index (χ1n) is 5.77. The van der Waals surface area contributed by atoms with Crippen molar-refractivity contribution in [3.8, 4) is 0 Å². The third-order valence-electron chi connectivity index (χ3n) is 2.64. The van der Waals surface area contributed by atoms with E-state index in [9.17, 15) is 13.6 Å². The van der Waals surface area contributed by atoms with E-state index >= 15 is 0 Å². The van der Waals surface area contributed by atoms with Gasteiger partial charge in [0.2, 0.25) is 0 Å². The van der Waals surface area contributed by atoms with Crippen LogP contribution in [0.15, 0.2) is 5.38 Å². The number of esters is 1. The van der Waals surface area contributed by atoms with Gasteiger partial charge in [0.05, 0.1) is 13.2 Å². The summed E-state index contributed by atoms with van der Waals surface area (Å²) >= 11 is 1.19. The Morgan fingerprint density at radius 2 is 2.44 bits per heavy atom. The van der Waals surface area contributed by atoms with E-state index < -0.39 is 11.9 Å². The van der Waals surface area contributed by atoms with E-state index in [0.717, 1.165) is 0 Å². The summed E-state index contributed by atoms with van der Waals surface area (Å²) in [7, 11) is 0. The van der Waals surface area contributed by atoms with Crippen molar-refractivity contribution in [2.75, 3.05) is 24.6 Å². The number of nitrogens with zero attached hydrogens (tertiary/aromatic N) is 2. The molecule has 1 fully saturated rings. The van der Waals surface area contributed by atoms with Crippen molar-refractivity contribution in [1.29, 1.82) is 0 Å². The SMILES string of the molecule is CCOC(=O)c1csc(N2CCCC(F)(F)C2)n1. The number of alkyl halides is 2. The lowest BCUT2D eigenvalue weighted by atomic mass is 10.1. The fraction of sp³-hybridized carbons (Fsp3) is 0.636. The molecular formula is C11H14F2N2O2S. The fourth-order valence-electron chi connectivity index (χ4n) is 1.84. The van der Waals surface area contributed by atoms with Crippen LogP contribution < -0.4 is 4.90 Å². The van der Waals surface area contributed by atoms with Gasteiger partial charge in [-0.15, -0.1) is 11.3 Å². The second-order valence-electron chi connectivity index (χ2n) is 4.12. The van der Waals surface area contributed by atoms with Crippen molar-refractivity contribution in [2.45, 2.75) is 25.7 Å². The number of hydrogen-bond donors (Lipinski definition) is 0. The molecule has 2 rings (SSSR count). The number of piperidine rings is 1. The molecule has 0 aliphatic carbocycles. The molecule has 0 spiro atoms. The summed E-state index contributed by atoms with van der Waals surface area (Å²) < 4.78 is 31.3. The van der Waals surface area contributed by atoms with Crippen LogP contribution in [0.2, 0.25) is 0 Å². The lowest BCUT2D eigenvalue weighted by Gasteiger charge is -2.32. The summed E-state index contributed by atoms with van der Waals surface area (Å²) in [5, 5.41) is 2.00. The van der Waals surface area contributed by atoms with Crippen LogP contribution in [0.3, 0.4) is 0 Å². The van der Waals surface area contributed by atoms with Crippen LogP contribution in [0, 0.1) is 0 Å². The molecule has 1 aliphatic heterocycles. The first-order valence-corrected chi connectivity index (χ1v) is 6.65. The molecule has 100 valence electrons. The number of carbonyl (C=O) groups excluding carboxylic acids is 1. The van der Waals surface area contributed by atoms with E-state index in [1.807, 2.05) is 0 Å². The second-order valence-corrected chi connectivity index (χ2v) is 4.95. The number of anilines is 1. The maximum absolute atomic E-state index is 13.3. The Balaban J connectivity index is 2.08. The van der Waals surface area contributed by atoms with Gasteiger partial charge >= 0.3 is 5.97 Å². The van der Waals surface area contributed by atoms with E-state index in [1.54, 1.807) is 12.3 Å². The number of rotatable bonds is 3. The first kappa shape index (κ1) is 13.2. The molecule has 1 saturated heterocycles. The highest BCUT2D eigenvalue weighted by molar-refractivity contribution is 7.13. The predicted molar refractivity (Wildman–Crippen MR) is 64.5 cm³/mol. The van der Waals surface area contributed by atoms with Crippen molar-refractivity contribution in [2.24, 2.45) is 0 Å². The Kier molecular flexibility index (Phi) is 3.79. The van der Waals surface area contributed by atoms with Gasteiger partial charge in [0, 0.05) is 18.3 Å². The van der Waals surface area contributed by atoms with Crippen LogP contribution in [-0.2, 0) is 4.74 Å². The molecule has 1 aromatic rings. The summed E-state index contributed by atoms with van der Waals surface area (Å²) in [5.74, 6) is -3.18. The standard InChI is InChI=1S/C11H14F2N2O2S/c1-2-17-9(16)8-6-18-10(14-8)15-5-3-4-11(12,13)7-15/h6H,2-5,7H2,1H3. The Bertz CT molecular complexity index is 436. The topological polar surface area (TPSA) is 42.4 Å². The minimum Gasteiger partial charge on any atom is -0.461 e. The zero-order valence-corrected chi connectivity index (χ0v) is 10.8. The van der Waals surface area contributed by atoms with Crippen molar-refractivity contribution >= 4 is 22.4 Å². The smallest absolute Gasteiger partial charge is 0.357 e. The Labute approximate surface area is 108 Å². The number of carbonyl (C=O) groups is 1. The van der Waals surface area contributed by atoms with Crippen molar-refractivity contribution in [3.63, 3.8) is 0 Å². The van der Waals surface area contributed by atoms with Gasteiger partial charge in [-0.25, -0.2) is 18.6 Å². The molecule has 0 atom stereocenters. The molecule has 0 unspecified atom stereocenters. The molecule has 4 nitrogen and oxygen atoms in total. The highest BCUT2D eigenvalue weighted by Crippen LogP contribution is 2.31. The minimum atomic E-state index is -2.67. The highest BCUT2D eigenvalue weighted by atomic mass is 32.1. The zero-order valence-electron chi connectivity index (χ0n) is 9.99. The van der Waals surface area contributed by atoms with Crippen molar-refractivity contribution in [3.05, 3.63) is 11.1 Å². The third-order valence-corrected chi connectivity index (χ3v) is 3.54. The zero-order chi connectivity index (χ0) is 13.2. The van der Waals surface area contributed by atoms with Crippen LogP contribution in [-0.4, -0.2) is 36.6 Å². The molecule has 0 saturated carbocycles. The monoisotopic (exact) mass is 276 g/mol. The quantitative estimate of drug-likeness (QED) is 0.796. The van der Waals surface area contributed by atoms with Crippen LogP contribution in [0.1, 0.15) is 30.3 Å². The molecule has 1 aliphatic rings. The van der Waals surface area contributed by atoms with Gasteiger partial charge in [-0.1, -0.05) is 0 Å². The molecule has 7 heteroatoms. The minimum absolute atomic E-state index is 0.0837. The van der Waals surface area contributed by atoms with E-state index in [2.05, 4.69) is 4.98 Å². The molecule has 0 amide bonds. The number of aromatic nitrogens is 1. The first-order chi connectivity index (χ1) is 8.52. The van der Waals surface area contributed by atoms with Gasteiger partial charge in [-0.05, 0) is 13.3 Å². The van der Waals surface area contributed by atoms with Crippen LogP contribution >= 0.6 is 11.3 Å². The van der Waals surface area contributed by atoms with E-state index in [4.69, 9.17) is 4.74 Å². The third kappa shape index (κ3) is 2.95.